The zero-order chi connectivity index (χ0) is 10.5. The van der Waals surface area contributed by atoms with Crippen molar-refractivity contribution in [2.24, 2.45) is 5.16 Å². The zero-order valence-corrected chi connectivity index (χ0v) is 7.91. The van der Waals surface area contributed by atoms with Crippen LogP contribution in [0.3, 0.4) is 0 Å². The van der Waals surface area contributed by atoms with Crippen LogP contribution in [0, 0.1) is 0 Å². The molecule has 4 heteroatoms. The van der Waals surface area contributed by atoms with Crippen molar-refractivity contribution in [2.45, 2.75) is 0 Å². The normalized spacial score (nSPS) is 10.7. The molecule has 0 amide bonds. The fourth-order valence-corrected chi connectivity index (χ4v) is 1.32. The molecule has 2 aromatic rings. The van der Waals surface area contributed by atoms with Crippen LogP contribution in [0.5, 0.6) is 0 Å². The van der Waals surface area contributed by atoms with Crippen molar-refractivity contribution in [3.8, 4) is 11.3 Å². The van der Waals surface area contributed by atoms with Crippen molar-refractivity contribution >= 4 is 6.21 Å². The quantitative estimate of drug-likeness (QED) is 0.457. The van der Waals surface area contributed by atoms with E-state index in [2.05, 4.69) is 15.1 Å². The molecular formula is C11H9N3O. The Morgan fingerprint density at radius 1 is 1.20 bits per heavy atom. The van der Waals surface area contributed by atoms with Crippen LogP contribution in [-0.2, 0) is 0 Å². The Morgan fingerprint density at radius 2 is 2.13 bits per heavy atom. The van der Waals surface area contributed by atoms with Crippen LogP contribution < -0.4 is 0 Å². The first kappa shape index (κ1) is 9.33. The van der Waals surface area contributed by atoms with Crippen molar-refractivity contribution in [3.05, 3.63) is 48.4 Å². The number of oxime groups is 1. The number of rotatable bonds is 2. The molecule has 2 aromatic heterocycles. The van der Waals surface area contributed by atoms with Crippen molar-refractivity contribution in [3.63, 3.8) is 0 Å². The van der Waals surface area contributed by atoms with E-state index in [1.165, 1.54) is 6.21 Å². The number of nitrogens with zero attached hydrogens (tertiary/aromatic N) is 3. The summed E-state index contributed by atoms with van der Waals surface area (Å²) in [5, 5.41) is 11.5. The Balaban J connectivity index is 2.53. The molecule has 0 fully saturated rings. The molecule has 2 heterocycles. The maximum Gasteiger partial charge on any atom is 0.0741 e. The molecule has 0 aliphatic rings. The van der Waals surface area contributed by atoms with Crippen LogP contribution in [0.2, 0.25) is 0 Å². The van der Waals surface area contributed by atoms with Gasteiger partial charge in [-0.05, 0) is 18.2 Å². The summed E-state index contributed by atoms with van der Waals surface area (Å²) in [5.74, 6) is 0. The second-order valence-electron chi connectivity index (χ2n) is 2.92. The van der Waals surface area contributed by atoms with E-state index < -0.39 is 0 Å². The lowest BCUT2D eigenvalue weighted by Crippen LogP contribution is -1.91. The lowest BCUT2D eigenvalue weighted by molar-refractivity contribution is 0.322. The van der Waals surface area contributed by atoms with Crippen LogP contribution in [0.1, 0.15) is 5.56 Å². The molecule has 0 aromatic carbocycles. The van der Waals surface area contributed by atoms with Crippen molar-refractivity contribution in [1.82, 2.24) is 9.97 Å². The highest BCUT2D eigenvalue weighted by molar-refractivity contribution is 5.88. The van der Waals surface area contributed by atoms with Gasteiger partial charge in [-0.3, -0.25) is 9.97 Å². The molecule has 0 radical (unpaired) electrons. The fourth-order valence-electron chi connectivity index (χ4n) is 1.32. The molecule has 0 unspecified atom stereocenters. The average molecular weight is 199 g/mol. The first-order chi connectivity index (χ1) is 7.42. The SMILES string of the molecule is ON=Cc1ccncc1-c1ccccn1. The Bertz CT molecular complexity index is 468. The van der Waals surface area contributed by atoms with E-state index in [1.807, 2.05) is 18.2 Å². The molecule has 0 spiro atoms. The van der Waals surface area contributed by atoms with Crippen molar-refractivity contribution < 1.29 is 5.21 Å². The lowest BCUT2D eigenvalue weighted by atomic mass is 10.1. The van der Waals surface area contributed by atoms with E-state index in [4.69, 9.17) is 5.21 Å². The molecule has 74 valence electrons. The van der Waals surface area contributed by atoms with Gasteiger partial charge in [0.1, 0.15) is 0 Å². The molecule has 0 aliphatic carbocycles. The molecule has 0 atom stereocenters. The first-order valence-electron chi connectivity index (χ1n) is 4.44. The summed E-state index contributed by atoms with van der Waals surface area (Å²) in [4.78, 5) is 8.23. The number of hydrogen-bond acceptors (Lipinski definition) is 4. The smallest absolute Gasteiger partial charge is 0.0741 e. The number of hydrogen-bond donors (Lipinski definition) is 1. The monoisotopic (exact) mass is 199 g/mol. The third kappa shape index (κ3) is 1.99. The molecule has 1 N–H and O–H groups in total. The van der Waals surface area contributed by atoms with Gasteiger partial charge in [-0.25, -0.2) is 0 Å². The maximum absolute atomic E-state index is 8.52. The summed E-state index contributed by atoms with van der Waals surface area (Å²) < 4.78 is 0. The van der Waals surface area contributed by atoms with Gasteiger partial charge in [0.15, 0.2) is 0 Å². The Kier molecular flexibility index (Phi) is 2.69. The van der Waals surface area contributed by atoms with Gasteiger partial charge in [-0.2, -0.15) is 0 Å². The third-order valence-corrected chi connectivity index (χ3v) is 1.99. The standard InChI is InChI=1S/C11H9N3O/c15-14-7-9-4-6-12-8-10(9)11-3-1-2-5-13-11/h1-8,15H. The van der Waals surface area contributed by atoms with E-state index in [9.17, 15) is 0 Å². The second-order valence-corrected chi connectivity index (χ2v) is 2.92. The maximum atomic E-state index is 8.52. The highest BCUT2D eigenvalue weighted by atomic mass is 16.4. The largest absolute Gasteiger partial charge is 0.411 e. The summed E-state index contributed by atoms with van der Waals surface area (Å²) in [7, 11) is 0. The third-order valence-electron chi connectivity index (χ3n) is 1.99. The summed E-state index contributed by atoms with van der Waals surface area (Å²) in [6, 6.07) is 7.39. The molecule has 4 nitrogen and oxygen atoms in total. The Hall–Kier alpha value is -2.23. The molecule has 0 saturated carbocycles. The van der Waals surface area contributed by atoms with Crippen LogP contribution in [0.25, 0.3) is 11.3 Å². The average Bonchev–Trinajstić information content (AvgIpc) is 2.31. The van der Waals surface area contributed by atoms with Gasteiger partial charge in [0, 0.05) is 29.7 Å². The van der Waals surface area contributed by atoms with Gasteiger partial charge in [-0.15, -0.1) is 0 Å². The van der Waals surface area contributed by atoms with Crippen LogP contribution in [0.15, 0.2) is 48.0 Å². The summed E-state index contributed by atoms with van der Waals surface area (Å²) in [5.41, 5.74) is 2.43. The highest BCUT2D eigenvalue weighted by Gasteiger charge is 2.03. The minimum absolute atomic E-state index is 0.784. The van der Waals surface area contributed by atoms with E-state index in [0.29, 0.717) is 0 Å². The second kappa shape index (κ2) is 4.32. The summed E-state index contributed by atoms with van der Waals surface area (Å²) in [6.07, 6.45) is 6.41. The van der Waals surface area contributed by atoms with Gasteiger partial charge >= 0.3 is 0 Å². The van der Waals surface area contributed by atoms with Gasteiger partial charge in [-0.1, -0.05) is 11.2 Å². The van der Waals surface area contributed by atoms with Crippen LogP contribution in [0.4, 0.5) is 0 Å². The molecular weight excluding hydrogens is 190 g/mol. The van der Waals surface area contributed by atoms with Crippen LogP contribution >= 0.6 is 0 Å². The van der Waals surface area contributed by atoms with Crippen molar-refractivity contribution in [2.75, 3.05) is 0 Å². The van der Waals surface area contributed by atoms with Crippen LogP contribution in [-0.4, -0.2) is 21.4 Å². The van der Waals surface area contributed by atoms with Gasteiger partial charge in [0.25, 0.3) is 0 Å². The summed E-state index contributed by atoms with van der Waals surface area (Å²) >= 11 is 0. The van der Waals surface area contributed by atoms with E-state index >= 15 is 0 Å². The predicted octanol–water partition coefficient (Wildman–Crippen LogP) is 1.95. The molecule has 0 saturated heterocycles. The van der Waals surface area contributed by atoms with Gasteiger partial charge < -0.3 is 5.21 Å². The Labute approximate surface area is 86.9 Å². The van der Waals surface area contributed by atoms with E-state index in [-0.39, 0.29) is 0 Å². The Morgan fingerprint density at radius 3 is 2.87 bits per heavy atom. The first-order valence-corrected chi connectivity index (χ1v) is 4.44. The van der Waals surface area contributed by atoms with Crippen molar-refractivity contribution in [1.29, 1.82) is 0 Å². The molecule has 2 rings (SSSR count). The minimum atomic E-state index is 0.784. The van der Waals surface area contributed by atoms with E-state index in [0.717, 1.165) is 16.8 Å². The molecule has 0 bridgehead atoms. The lowest BCUT2D eigenvalue weighted by Gasteiger charge is -2.02. The zero-order valence-electron chi connectivity index (χ0n) is 7.91. The minimum Gasteiger partial charge on any atom is -0.411 e. The predicted molar refractivity (Wildman–Crippen MR) is 56.8 cm³/mol. The summed E-state index contributed by atoms with van der Waals surface area (Å²) in [6.45, 7) is 0. The topological polar surface area (TPSA) is 58.4 Å². The van der Waals surface area contributed by atoms with Gasteiger partial charge in [0.2, 0.25) is 0 Å². The number of pyridine rings is 2. The molecule has 15 heavy (non-hydrogen) atoms. The highest BCUT2D eigenvalue weighted by Crippen LogP contribution is 2.18. The fraction of sp³-hybridized carbons (Fsp3) is 0. The number of aromatic nitrogens is 2. The molecule has 0 aliphatic heterocycles. The van der Waals surface area contributed by atoms with E-state index in [1.54, 1.807) is 24.7 Å². The van der Waals surface area contributed by atoms with Gasteiger partial charge in [0.05, 0.1) is 11.9 Å².